The Morgan fingerprint density at radius 2 is 1.70 bits per heavy atom. The van der Waals surface area contributed by atoms with Crippen molar-refractivity contribution < 1.29 is 4.39 Å². The highest BCUT2D eigenvalue weighted by Crippen LogP contribution is 2.15. The number of hydrogen-bond donors (Lipinski definition) is 0. The van der Waals surface area contributed by atoms with Gasteiger partial charge in [0.1, 0.15) is 5.82 Å². The highest BCUT2D eigenvalue weighted by molar-refractivity contribution is 6.30. The van der Waals surface area contributed by atoms with Gasteiger partial charge in [-0.15, -0.1) is 6.58 Å². The van der Waals surface area contributed by atoms with Crippen LogP contribution in [-0.4, -0.2) is 0 Å². The van der Waals surface area contributed by atoms with Crippen molar-refractivity contribution in [1.29, 1.82) is 0 Å². The molecule has 0 radical (unpaired) electrons. The monoisotopic (exact) mass is 284 g/mol. The minimum absolute atomic E-state index is 0.113. The standard InChI is InChI=1S/C18H14ClF/c1-2-3-4-14-5-7-15(8-6-14)9-10-16-11-12-17(19)18(20)13-16/h2,5-8,11-13H,1,3-4H2. The SMILES string of the molecule is C=CCCc1ccc(C#Cc2ccc(Cl)c(F)c2)cc1. The van der Waals surface area contributed by atoms with Gasteiger partial charge in [0.25, 0.3) is 0 Å². The van der Waals surface area contributed by atoms with Crippen LogP contribution in [0.3, 0.4) is 0 Å². The molecule has 2 aromatic carbocycles. The van der Waals surface area contributed by atoms with Crippen LogP contribution >= 0.6 is 11.6 Å². The Bertz CT molecular complexity index is 660. The van der Waals surface area contributed by atoms with E-state index in [2.05, 4.69) is 30.6 Å². The van der Waals surface area contributed by atoms with E-state index in [0.29, 0.717) is 5.56 Å². The second-order valence-electron chi connectivity index (χ2n) is 4.40. The Hall–Kier alpha value is -2.04. The van der Waals surface area contributed by atoms with E-state index in [-0.39, 0.29) is 5.02 Å². The second-order valence-corrected chi connectivity index (χ2v) is 4.81. The summed E-state index contributed by atoms with van der Waals surface area (Å²) >= 11 is 5.63. The highest BCUT2D eigenvalue weighted by Gasteiger charge is 1.98. The highest BCUT2D eigenvalue weighted by atomic mass is 35.5. The third kappa shape index (κ3) is 3.98. The Balaban J connectivity index is 2.11. The van der Waals surface area contributed by atoms with E-state index in [1.165, 1.54) is 17.7 Å². The average Bonchev–Trinajstić information content (AvgIpc) is 2.47. The Morgan fingerprint density at radius 3 is 2.35 bits per heavy atom. The number of halogens is 2. The van der Waals surface area contributed by atoms with Crippen LogP contribution in [0.25, 0.3) is 0 Å². The first-order valence-electron chi connectivity index (χ1n) is 6.36. The molecule has 0 aromatic heterocycles. The smallest absolute Gasteiger partial charge is 0.143 e. The second kappa shape index (κ2) is 6.93. The summed E-state index contributed by atoms with van der Waals surface area (Å²) in [5.41, 5.74) is 2.78. The van der Waals surface area contributed by atoms with Crippen molar-refractivity contribution in [2.24, 2.45) is 0 Å². The zero-order chi connectivity index (χ0) is 14.4. The largest absolute Gasteiger partial charge is 0.205 e. The van der Waals surface area contributed by atoms with Gasteiger partial charge in [-0.3, -0.25) is 0 Å². The van der Waals surface area contributed by atoms with Crippen LogP contribution in [0.15, 0.2) is 55.1 Å². The number of rotatable bonds is 3. The summed E-state index contributed by atoms with van der Waals surface area (Å²) in [5.74, 6) is 5.49. The molecular weight excluding hydrogens is 271 g/mol. The van der Waals surface area contributed by atoms with Crippen LogP contribution in [-0.2, 0) is 6.42 Å². The zero-order valence-corrected chi connectivity index (χ0v) is 11.8. The van der Waals surface area contributed by atoms with Crippen molar-refractivity contribution in [3.63, 3.8) is 0 Å². The first-order valence-corrected chi connectivity index (χ1v) is 6.74. The predicted molar refractivity (Wildman–Crippen MR) is 82.4 cm³/mol. The van der Waals surface area contributed by atoms with Gasteiger partial charge in [0.15, 0.2) is 0 Å². The fourth-order valence-corrected chi connectivity index (χ4v) is 1.86. The molecule has 0 atom stereocenters. The molecule has 0 unspecified atom stereocenters. The molecule has 0 nitrogen and oxygen atoms in total. The van der Waals surface area contributed by atoms with Gasteiger partial charge < -0.3 is 0 Å². The maximum atomic E-state index is 13.3. The lowest BCUT2D eigenvalue weighted by Crippen LogP contribution is -1.84. The molecule has 0 saturated carbocycles. The molecule has 0 amide bonds. The van der Waals surface area contributed by atoms with E-state index in [0.717, 1.165) is 18.4 Å². The summed E-state index contributed by atoms with van der Waals surface area (Å²) < 4.78 is 13.3. The van der Waals surface area contributed by atoms with Crippen molar-refractivity contribution >= 4 is 11.6 Å². The number of benzene rings is 2. The molecule has 0 spiro atoms. The zero-order valence-electron chi connectivity index (χ0n) is 11.0. The van der Waals surface area contributed by atoms with Crippen LogP contribution in [0.2, 0.25) is 5.02 Å². The first kappa shape index (κ1) is 14.4. The van der Waals surface area contributed by atoms with Gasteiger partial charge >= 0.3 is 0 Å². The lowest BCUT2D eigenvalue weighted by Gasteiger charge is -1.98. The normalized spacial score (nSPS) is 9.70. The van der Waals surface area contributed by atoms with Gasteiger partial charge in [-0.05, 0) is 48.7 Å². The quantitative estimate of drug-likeness (QED) is 0.550. The predicted octanol–water partition coefficient (Wildman–Crippen LogP) is 5.00. The van der Waals surface area contributed by atoms with Gasteiger partial charge in [0.05, 0.1) is 5.02 Å². The molecule has 0 saturated heterocycles. The maximum Gasteiger partial charge on any atom is 0.143 e. The average molecular weight is 285 g/mol. The maximum absolute atomic E-state index is 13.3. The van der Waals surface area contributed by atoms with Crippen LogP contribution in [0.1, 0.15) is 23.1 Å². The van der Waals surface area contributed by atoms with E-state index in [4.69, 9.17) is 11.6 Å². The fraction of sp³-hybridized carbons (Fsp3) is 0.111. The lowest BCUT2D eigenvalue weighted by molar-refractivity contribution is 0.628. The molecular formula is C18H14ClF. The van der Waals surface area contributed by atoms with E-state index >= 15 is 0 Å². The van der Waals surface area contributed by atoms with E-state index in [1.807, 2.05) is 18.2 Å². The minimum Gasteiger partial charge on any atom is -0.205 e. The molecule has 100 valence electrons. The van der Waals surface area contributed by atoms with Crippen molar-refractivity contribution in [2.45, 2.75) is 12.8 Å². The van der Waals surface area contributed by atoms with Crippen LogP contribution < -0.4 is 0 Å². The molecule has 0 fully saturated rings. The van der Waals surface area contributed by atoms with Crippen LogP contribution in [0, 0.1) is 17.7 Å². The first-order chi connectivity index (χ1) is 9.69. The van der Waals surface area contributed by atoms with E-state index in [1.54, 1.807) is 6.07 Å². The summed E-state index contributed by atoms with van der Waals surface area (Å²) in [6, 6.07) is 12.6. The Kier molecular flexibility index (Phi) is 4.98. The van der Waals surface area contributed by atoms with Crippen LogP contribution in [0.5, 0.6) is 0 Å². The van der Waals surface area contributed by atoms with Crippen LogP contribution in [0.4, 0.5) is 4.39 Å². The summed E-state index contributed by atoms with van der Waals surface area (Å²) in [6.07, 6.45) is 3.86. The Labute approximate surface area is 123 Å². The molecule has 0 aliphatic rings. The van der Waals surface area contributed by atoms with Crippen molar-refractivity contribution in [3.05, 3.63) is 82.6 Å². The summed E-state index contributed by atoms with van der Waals surface area (Å²) in [5, 5.41) is 0.113. The Morgan fingerprint density at radius 1 is 1.05 bits per heavy atom. The van der Waals surface area contributed by atoms with Gasteiger partial charge in [0.2, 0.25) is 0 Å². The molecule has 2 aromatic rings. The minimum atomic E-state index is -0.446. The summed E-state index contributed by atoms with van der Waals surface area (Å²) in [4.78, 5) is 0. The third-order valence-electron chi connectivity index (χ3n) is 2.86. The molecule has 2 rings (SSSR count). The molecule has 2 heteroatoms. The summed E-state index contributed by atoms with van der Waals surface area (Å²) in [6.45, 7) is 3.71. The molecule has 0 bridgehead atoms. The molecule has 20 heavy (non-hydrogen) atoms. The number of hydrogen-bond acceptors (Lipinski definition) is 0. The van der Waals surface area contributed by atoms with E-state index in [9.17, 15) is 4.39 Å². The molecule has 0 aliphatic heterocycles. The topological polar surface area (TPSA) is 0 Å². The van der Waals surface area contributed by atoms with Crippen molar-refractivity contribution in [3.8, 4) is 11.8 Å². The molecule has 0 heterocycles. The lowest BCUT2D eigenvalue weighted by atomic mass is 10.1. The molecule has 0 N–H and O–H groups in total. The fourth-order valence-electron chi connectivity index (χ4n) is 1.74. The van der Waals surface area contributed by atoms with Crippen molar-refractivity contribution in [1.82, 2.24) is 0 Å². The van der Waals surface area contributed by atoms with Gasteiger partial charge in [-0.2, -0.15) is 0 Å². The van der Waals surface area contributed by atoms with Gasteiger partial charge in [-0.25, -0.2) is 4.39 Å². The van der Waals surface area contributed by atoms with Crippen molar-refractivity contribution in [2.75, 3.05) is 0 Å². The number of allylic oxidation sites excluding steroid dienone is 1. The summed E-state index contributed by atoms with van der Waals surface area (Å²) in [7, 11) is 0. The van der Waals surface area contributed by atoms with Gasteiger partial charge in [0, 0.05) is 11.1 Å². The van der Waals surface area contributed by atoms with E-state index < -0.39 is 5.82 Å². The molecule has 0 aliphatic carbocycles. The van der Waals surface area contributed by atoms with Gasteiger partial charge in [-0.1, -0.05) is 41.7 Å². The number of aryl methyl sites for hydroxylation is 1. The third-order valence-corrected chi connectivity index (χ3v) is 3.17.